The zero-order valence-corrected chi connectivity index (χ0v) is 13.7. The molecule has 1 aromatic heterocycles. The van der Waals surface area contributed by atoms with E-state index in [1.54, 1.807) is 24.3 Å². The molecule has 132 valence electrons. The predicted octanol–water partition coefficient (Wildman–Crippen LogP) is -0.274. The van der Waals surface area contributed by atoms with Gasteiger partial charge in [0.15, 0.2) is 0 Å². The summed E-state index contributed by atoms with van der Waals surface area (Å²) < 4.78 is 6.58. The van der Waals surface area contributed by atoms with Gasteiger partial charge in [-0.05, 0) is 23.8 Å². The van der Waals surface area contributed by atoms with Crippen LogP contribution in [0.2, 0.25) is 0 Å². The summed E-state index contributed by atoms with van der Waals surface area (Å²) in [6.07, 6.45) is 1.32. The molecule has 2 amide bonds. The number of nitrogens with one attached hydrogen (secondary N) is 1. The van der Waals surface area contributed by atoms with E-state index in [0.717, 1.165) is 5.56 Å². The van der Waals surface area contributed by atoms with Gasteiger partial charge in [-0.15, -0.1) is 0 Å². The fourth-order valence-electron chi connectivity index (χ4n) is 2.28. The van der Waals surface area contributed by atoms with Crippen LogP contribution >= 0.6 is 0 Å². The Morgan fingerprint density at radius 2 is 2.08 bits per heavy atom. The predicted molar refractivity (Wildman–Crippen MR) is 90.7 cm³/mol. The number of hydrogen-bond donors (Lipinski definition) is 3. The Labute approximate surface area is 143 Å². The summed E-state index contributed by atoms with van der Waals surface area (Å²) in [5.41, 5.74) is 5.37. The van der Waals surface area contributed by atoms with Crippen LogP contribution in [-0.2, 0) is 6.54 Å². The number of hydrogen-bond acceptors (Lipinski definition) is 5. The number of aromatic nitrogens is 1. The molecule has 2 aromatic rings. The van der Waals surface area contributed by atoms with E-state index in [1.807, 2.05) is 0 Å². The molecule has 0 fully saturated rings. The first-order chi connectivity index (χ1) is 12.0. The van der Waals surface area contributed by atoms with Crippen molar-refractivity contribution in [3.8, 4) is 5.75 Å². The minimum absolute atomic E-state index is 0.0610. The summed E-state index contributed by atoms with van der Waals surface area (Å²) in [6, 6.07) is 8.12. The van der Waals surface area contributed by atoms with Crippen LogP contribution in [0, 0.1) is 0 Å². The number of aliphatic hydroxyl groups excluding tert-OH is 1. The molecular formula is C17H19N3O5. The maximum atomic E-state index is 12.5. The Balaban J connectivity index is 2.41. The molecule has 0 aliphatic rings. The molecule has 0 atom stereocenters. The first kappa shape index (κ1) is 18.2. The summed E-state index contributed by atoms with van der Waals surface area (Å²) in [4.78, 5) is 35.8. The molecular weight excluding hydrogens is 326 g/mol. The fourth-order valence-corrected chi connectivity index (χ4v) is 2.28. The van der Waals surface area contributed by atoms with Crippen molar-refractivity contribution in [3.05, 3.63) is 63.6 Å². The number of rotatable bonds is 7. The summed E-state index contributed by atoms with van der Waals surface area (Å²) >= 11 is 0. The standard InChI is InChI=1S/C17H19N3O5/c1-19-16(23)14-8-12(15(18)22)10-20(17(14)24)9-11-3-2-4-13(7-11)25-6-5-21/h2-4,7-8,10,21H,5-6,9H2,1H3,(H2,18,22)(H,19,23). The van der Waals surface area contributed by atoms with Crippen LogP contribution in [-0.4, -0.2) is 41.7 Å². The Kier molecular flexibility index (Phi) is 5.91. The molecule has 2 rings (SSSR count). The summed E-state index contributed by atoms with van der Waals surface area (Å²) in [5, 5.41) is 11.2. The molecule has 0 unspecified atom stereocenters. The lowest BCUT2D eigenvalue weighted by atomic mass is 10.1. The van der Waals surface area contributed by atoms with Crippen LogP contribution in [0.25, 0.3) is 0 Å². The number of ether oxygens (including phenoxy) is 1. The number of amides is 2. The second kappa shape index (κ2) is 8.11. The maximum Gasteiger partial charge on any atom is 0.263 e. The Hall–Kier alpha value is -3.13. The van der Waals surface area contributed by atoms with E-state index in [-0.39, 0.29) is 30.9 Å². The number of carbonyl (C=O) groups is 2. The minimum atomic E-state index is -0.737. The van der Waals surface area contributed by atoms with Gasteiger partial charge in [0.05, 0.1) is 18.7 Å². The van der Waals surface area contributed by atoms with Crippen molar-refractivity contribution in [1.29, 1.82) is 0 Å². The lowest BCUT2D eigenvalue weighted by Gasteiger charge is -2.11. The van der Waals surface area contributed by atoms with Gasteiger partial charge in [-0.2, -0.15) is 0 Å². The van der Waals surface area contributed by atoms with Crippen LogP contribution in [0.15, 0.2) is 41.3 Å². The van der Waals surface area contributed by atoms with Crippen LogP contribution < -0.4 is 21.3 Å². The maximum absolute atomic E-state index is 12.5. The van der Waals surface area contributed by atoms with Crippen molar-refractivity contribution in [2.75, 3.05) is 20.3 Å². The molecule has 0 saturated heterocycles. The highest BCUT2D eigenvalue weighted by atomic mass is 16.5. The number of aliphatic hydroxyl groups is 1. The highest BCUT2D eigenvalue weighted by molar-refractivity contribution is 5.98. The molecule has 0 spiro atoms. The minimum Gasteiger partial charge on any atom is -0.491 e. The van der Waals surface area contributed by atoms with E-state index in [0.29, 0.717) is 5.75 Å². The van der Waals surface area contributed by atoms with Crippen molar-refractivity contribution >= 4 is 11.8 Å². The van der Waals surface area contributed by atoms with Gasteiger partial charge in [-0.25, -0.2) is 0 Å². The topological polar surface area (TPSA) is 124 Å². The molecule has 25 heavy (non-hydrogen) atoms. The third-order valence-electron chi connectivity index (χ3n) is 3.45. The molecule has 0 bridgehead atoms. The normalized spacial score (nSPS) is 10.3. The molecule has 8 nitrogen and oxygen atoms in total. The summed E-state index contributed by atoms with van der Waals surface area (Å²) in [7, 11) is 1.39. The van der Waals surface area contributed by atoms with Crippen molar-refractivity contribution in [3.63, 3.8) is 0 Å². The Morgan fingerprint density at radius 3 is 2.72 bits per heavy atom. The highest BCUT2D eigenvalue weighted by Crippen LogP contribution is 2.14. The zero-order valence-electron chi connectivity index (χ0n) is 13.7. The molecule has 1 heterocycles. The first-order valence-electron chi connectivity index (χ1n) is 7.55. The van der Waals surface area contributed by atoms with E-state index in [1.165, 1.54) is 23.9 Å². The Bertz CT molecular complexity index is 844. The monoisotopic (exact) mass is 345 g/mol. The number of nitrogens with two attached hydrogens (primary N) is 1. The fraction of sp³-hybridized carbons (Fsp3) is 0.235. The van der Waals surface area contributed by atoms with E-state index in [2.05, 4.69) is 5.32 Å². The highest BCUT2D eigenvalue weighted by Gasteiger charge is 2.15. The lowest BCUT2D eigenvalue weighted by molar-refractivity contribution is 0.0961. The van der Waals surface area contributed by atoms with Gasteiger partial charge in [0.2, 0.25) is 5.91 Å². The molecule has 0 saturated carbocycles. The van der Waals surface area contributed by atoms with Gasteiger partial charge in [0.1, 0.15) is 17.9 Å². The second-order valence-electron chi connectivity index (χ2n) is 5.24. The third kappa shape index (κ3) is 4.45. The van der Waals surface area contributed by atoms with Gasteiger partial charge in [0, 0.05) is 13.2 Å². The number of carbonyl (C=O) groups excluding carboxylic acids is 2. The SMILES string of the molecule is CNC(=O)c1cc(C(N)=O)cn(Cc2cccc(OCCO)c2)c1=O. The van der Waals surface area contributed by atoms with Crippen LogP contribution in [0.1, 0.15) is 26.3 Å². The number of benzene rings is 1. The quantitative estimate of drug-likeness (QED) is 0.637. The van der Waals surface area contributed by atoms with Crippen molar-refractivity contribution in [2.24, 2.45) is 5.73 Å². The molecule has 4 N–H and O–H groups in total. The smallest absolute Gasteiger partial charge is 0.263 e. The molecule has 0 aliphatic heterocycles. The van der Waals surface area contributed by atoms with Gasteiger partial charge < -0.3 is 25.5 Å². The van der Waals surface area contributed by atoms with Crippen LogP contribution in [0.5, 0.6) is 5.75 Å². The van der Waals surface area contributed by atoms with Gasteiger partial charge in [0.25, 0.3) is 11.5 Å². The molecule has 0 radical (unpaired) electrons. The van der Waals surface area contributed by atoms with E-state index >= 15 is 0 Å². The Morgan fingerprint density at radius 1 is 1.32 bits per heavy atom. The van der Waals surface area contributed by atoms with Gasteiger partial charge in [-0.1, -0.05) is 12.1 Å². The first-order valence-corrected chi connectivity index (χ1v) is 7.55. The van der Waals surface area contributed by atoms with Crippen molar-refractivity contribution in [1.82, 2.24) is 9.88 Å². The van der Waals surface area contributed by atoms with E-state index in [9.17, 15) is 14.4 Å². The average molecular weight is 345 g/mol. The summed E-state index contributed by atoms with van der Waals surface area (Å²) in [5.74, 6) is -0.794. The zero-order chi connectivity index (χ0) is 18.4. The molecule has 1 aromatic carbocycles. The van der Waals surface area contributed by atoms with Crippen molar-refractivity contribution < 1.29 is 19.4 Å². The lowest BCUT2D eigenvalue weighted by Crippen LogP contribution is -2.33. The number of pyridine rings is 1. The molecule has 0 aliphatic carbocycles. The summed E-state index contributed by atoms with van der Waals surface area (Å²) in [6.45, 7) is 0.168. The van der Waals surface area contributed by atoms with Gasteiger partial charge in [-0.3, -0.25) is 14.4 Å². The van der Waals surface area contributed by atoms with E-state index in [4.69, 9.17) is 15.6 Å². The average Bonchev–Trinajstić information content (AvgIpc) is 2.61. The van der Waals surface area contributed by atoms with Crippen molar-refractivity contribution in [2.45, 2.75) is 6.54 Å². The van der Waals surface area contributed by atoms with Crippen LogP contribution in [0.3, 0.4) is 0 Å². The van der Waals surface area contributed by atoms with Crippen LogP contribution in [0.4, 0.5) is 0 Å². The third-order valence-corrected chi connectivity index (χ3v) is 3.45. The van der Waals surface area contributed by atoms with Gasteiger partial charge >= 0.3 is 0 Å². The largest absolute Gasteiger partial charge is 0.491 e. The van der Waals surface area contributed by atoms with E-state index < -0.39 is 17.4 Å². The second-order valence-corrected chi connectivity index (χ2v) is 5.24. The number of primary amides is 1. The molecule has 8 heteroatoms. The number of nitrogens with zero attached hydrogens (tertiary/aromatic N) is 1.